The van der Waals surface area contributed by atoms with Gasteiger partial charge in [-0.1, -0.05) is 43.3 Å². The lowest BCUT2D eigenvalue weighted by Gasteiger charge is -2.50. The molecule has 0 unspecified atom stereocenters. The van der Waals surface area contributed by atoms with Crippen molar-refractivity contribution in [1.82, 2.24) is 0 Å². The number of hydrogen-bond acceptors (Lipinski definition) is 2. The van der Waals surface area contributed by atoms with Gasteiger partial charge in [0.2, 0.25) is 0 Å². The summed E-state index contributed by atoms with van der Waals surface area (Å²) in [6.45, 7) is 2.58. The molecule has 0 aromatic heterocycles. The number of nitrogens with zero attached hydrogens (tertiary/aromatic N) is 1. The fourth-order valence-electron chi connectivity index (χ4n) is 7.58. The van der Waals surface area contributed by atoms with Gasteiger partial charge in [0, 0.05) is 12.1 Å². The molecule has 2 nitrogen and oxygen atoms in total. The van der Waals surface area contributed by atoms with Gasteiger partial charge >= 0.3 is 0 Å². The number of aryl methyl sites for hydroxylation is 1. The van der Waals surface area contributed by atoms with E-state index in [9.17, 15) is 0 Å². The van der Waals surface area contributed by atoms with Gasteiger partial charge in [-0.3, -0.25) is 4.99 Å². The van der Waals surface area contributed by atoms with Gasteiger partial charge in [0.1, 0.15) is 5.75 Å². The summed E-state index contributed by atoms with van der Waals surface area (Å²) in [6, 6.07) is 18.4. The molecular formula is C29H35NO. The third-order valence-electron chi connectivity index (χ3n) is 9.41. The lowest BCUT2D eigenvalue weighted by atomic mass is 9.55. The quantitative estimate of drug-likeness (QED) is 0.505. The van der Waals surface area contributed by atoms with E-state index in [0.29, 0.717) is 23.3 Å². The van der Waals surface area contributed by atoms with Crippen molar-refractivity contribution < 1.29 is 4.74 Å². The normalized spacial score (nSPS) is 38.4. The van der Waals surface area contributed by atoms with Crippen molar-refractivity contribution in [2.75, 3.05) is 7.11 Å². The minimum Gasteiger partial charge on any atom is -0.497 e. The molecule has 2 heteroatoms. The van der Waals surface area contributed by atoms with Crippen LogP contribution in [0.15, 0.2) is 53.5 Å². The van der Waals surface area contributed by atoms with Crippen molar-refractivity contribution in [1.29, 1.82) is 0 Å². The first kappa shape index (κ1) is 19.6. The molecule has 3 saturated carbocycles. The molecule has 3 fully saturated rings. The maximum Gasteiger partial charge on any atom is 0.119 e. The summed E-state index contributed by atoms with van der Waals surface area (Å²) >= 11 is 0. The highest BCUT2D eigenvalue weighted by atomic mass is 16.5. The van der Waals surface area contributed by atoms with E-state index in [2.05, 4.69) is 61.7 Å². The predicted molar refractivity (Wildman–Crippen MR) is 127 cm³/mol. The Hall–Kier alpha value is -2.09. The molecule has 2 aromatic carbocycles. The zero-order valence-electron chi connectivity index (χ0n) is 19.0. The fraction of sp³-hybridized carbons (Fsp3) is 0.552. The van der Waals surface area contributed by atoms with Crippen LogP contribution in [0.25, 0.3) is 0 Å². The lowest BCUT2D eigenvalue weighted by Crippen LogP contribution is -2.43. The van der Waals surface area contributed by atoms with Crippen molar-refractivity contribution in [3.05, 3.63) is 65.2 Å². The first-order valence-corrected chi connectivity index (χ1v) is 12.4. The predicted octanol–water partition coefficient (Wildman–Crippen LogP) is 6.79. The van der Waals surface area contributed by atoms with Crippen LogP contribution in [-0.4, -0.2) is 19.4 Å². The Labute approximate surface area is 187 Å². The second-order valence-electron chi connectivity index (χ2n) is 10.8. The highest BCUT2D eigenvalue weighted by Crippen LogP contribution is 2.61. The maximum absolute atomic E-state index is 5.49. The van der Waals surface area contributed by atoms with Crippen molar-refractivity contribution in [2.24, 2.45) is 28.2 Å². The minimum absolute atomic E-state index is 0.402. The first-order valence-electron chi connectivity index (χ1n) is 12.4. The van der Waals surface area contributed by atoms with Gasteiger partial charge in [0.15, 0.2) is 0 Å². The van der Waals surface area contributed by atoms with Gasteiger partial charge < -0.3 is 4.74 Å². The number of rotatable bonds is 4. The number of ether oxygens (including phenoxy) is 1. The van der Waals surface area contributed by atoms with E-state index in [1.54, 1.807) is 12.7 Å². The Morgan fingerprint density at radius 1 is 1.00 bits per heavy atom. The number of benzene rings is 2. The summed E-state index contributed by atoms with van der Waals surface area (Å²) in [6.07, 6.45) is 11.5. The third kappa shape index (κ3) is 3.25. The van der Waals surface area contributed by atoms with Gasteiger partial charge in [0.05, 0.1) is 13.2 Å². The highest BCUT2D eigenvalue weighted by Gasteiger charge is 2.55. The average molecular weight is 414 g/mol. The maximum atomic E-state index is 5.49. The SMILES string of the molecule is COc1ccc2c(c1)CC[C@@H]1[C@@H]2CC[C@]2(C)[C@@H](N=C[C@H]3C[C@@H]3c3ccccc3)CC[C@@H]12. The summed E-state index contributed by atoms with van der Waals surface area (Å²) in [5, 5.41) is 0. The monoisotopic (exact) mass is 413 g/mol. The molecule has 0 bridgehead atoms. The topological polar surface area (TPSA) is 21.6 Å². The summed E-state index contributed by atoms with van der Waals surface area (Å²) in [5.74, 6) is 4.82. The minimum atomic E-state index is 0.402. The molecule has 0 amide bonds. The van der Waals surface area contributed by atoms with E-state index in [-0.39, 0.29) is 0 Å². The van der Waals surface area contributed by atoms with E-state index in [0.717, 1.165) is 23.5 Å². The van der Waals surface area contributed by atoms with E-state index in [4.69, 9.17) is 9.73 Å². The summed E-state index contributed by atoms with van der Waals surface area (Å²) in [5.41, 5.74) is 5.05. The second kappa shape index (κ2) is 7.50. The van der Waals surface area contributed by atoms with Crippen LogP contribution in [0.2, 0.25) is 0 Å². The first-order chi connectivity index (χ1) is 15.2. The van der Waals surface area contributed by atoms with Crippen molar-refractivity contribution in [2.45, 2.75) is 69.7 Å². The molecule has 162 valence electrons. The van der Waals surface area contributed by atoms with Gasteiger partial charge in [-0.15, -0.1) is 0 Å². The molecule has 0 heterocycles. The van der Waals surface area contributed by atoms with E-state index >= 15 is 0 Å². The van der Waals surface area contributed by atoms with Crippen LogP contribution in [0.3, 0.4) is 0 Å². The molecule has 0 radical (unpaired) electrons. The molecule has 0 saturated heterocycles. The Bertz CT molecular complexity index is 981. The van der Waals surface area contributed by atoms with E-state index in [1.165, 1.54) is 56.1 Å². The zero-order valence-corrected chi connectivity index (χ0v) is 19.0. The number of fused-ring (bicyclic) bond motifs is 5. The van der Waals surface area contributed by atoms with Crippen LogP contribution in [0.1, 0.15) is 74.0 Å². The van der Waals surface area contributed by atoms with Gasteiger partial charge in [-0.05, 0) is 103 Å². The van der Waals surface area contributed by atoms with Crippen LogP contribution in [-0.2, 0) is 6.42 Å². The summed E-state index contributed by atoms with van der Waals surface area (Å²) in [7, 11) is 1.78. The van der Waals surface area contributed by atoms with E-state index < -0.39 is 0 Å². The molecule has 0 N–H and O–H groups in total. The Morgan fingerprint density at radius 2 is 1.87 bits per heavy atom. The summed E-state index contributed by atoms with van der Waals surface area (Å²) < 4.78 is 5.49. The second-order valence-corrected chi connectivity index (χ2v) is 10.8. The smallest absolute Gasteiger partial charge is 0.119 e. The third-order valence-corrected chi connectivity index (χ3v) is 9.41. The van der Waals surface area contributed by atoms with Crippen LogP contribution in [0.4, 0.5) is 0 Å². The molecule has 0 spiro atoms. The molecule has 6 rings (SSSR count). The molecule has 0 aliphatic heterocycles. The Morgan fingerprint density at radius 3 is 2.71 bits per heavy atom. The van der Waals surface area contributed by atoms with Gasteiger partial charge in [0.25, 0.3) is 0 Å². The van der Waals surface area contributed by atoms with Gasteiger partial charge in [-0.2, -0.15) is 0 Å². The van der Waals surface area contributed by atoms with Crippen LogP contribution >= 0.6 is 0 Å². The standard InChI is InChI=1S/C29H35NO/c1-29-15-14-24-23-11-9-22(31-2)16-20(23)8-10-25(24)27(29)12-13-28(29)30-18-21-17-26(21)19-6-4-3-5-7-19/h3-7,9,11,16,18,21,24-28H,8,10,12-15,17H2,1-2H3/t21-,24-,25-,26-,27+,28+,29+/m1/s1. The van der Waals surface area contributed by atoms with Crippen LogP contribution in [0, 0.1) is 23.2 Å². The highest BCUT2D eigenvalue weighted by molar-refractivity contribution is 5.67. The lowest BCUT2D eigenvalue weighted by molar-refractivity contribution is 0.0502. The molecule has 2 aromatic rings. The van der Waals surface area contributed by atoms with Crippen molar-refractivity contribution >= 4 is 6.21 Å². The van der Waals surface area contributed by atoms with Crippen LogP contribution < -0.4 is 4.74 Å². The number of aliphatic imine (C=N–C) groups is 1. The number of methoxy groups -OCH3 is 1. The molecule has 4 aliphatic carbocycles. The largest absolute Gasteiger partial charge is 0.497 e. The summed E-state index contributed by atoms with van der Waals surface area (Å²) in [4.78, 5) is 5.28. The molecule has 7 atom stereocenters. The van der Waals surface area contributed by atoms with Crippen LogP contribution in [0.5, 0.6) is 5.75 Å². The molecule has 31 heavy (non-hydrogen) atoms. The number of hydrogen-bond donors (Lipinski definition) is 0. The molecular weight excluding hydrogens is 378 g/mol. The van der Waals surface area contributed by atoms with E-state index in [1.807, 2.05) is 0 Å². The Kier molecular flexibility index (Phi) is 4.74. The molecule has 4 aliphatic rings. The van der Waals surface area contributed by atoms with Gasteiger partial charge in [-0.25, -0.2) is 0 Å². The van der Waals surface area contributed by atoms with Crippen molar-refractivity contribution in [3.8, 4) is 5.75 Å². The zero-order chi connectivity index (χ0) is 21.0. The Balaban J connectivity index is 1.17. The van der Waals surface area contributed by atoms with Crippen molar-refractivity contribution in [3.63, 3.8) is 0 Å². The fourth-order valence-corrected chi connectivity index (χ4v) is 7.58. The average Bonchev–Trinajstić information content (AvgIpc) is 3.51.